The third-order valence-electron chi connectivity index (χ3n) is 2.91. The van der Waals surface area contributed by atoms with Crippen molar-refractivity contribution in [2.75, 3.05) is 18.9 Å². The number of rotatable bonds is 6. The van der Waals surface area contributed by atoms with Crippen LogP contribution < -0.4 is 10.1 Å². The molecule has 6 nitrogen and oxygen atoms in total. The predicted octanol–water partition coefficient (Wildman–Crippen LogP) is 2.91. The number of sulfonamides is 1. The molecule has 0 aliphatic rings. The Bertz CT molecular complexity index is 836. The second kappa shape index (κ2) is 7.42. The lowest BCUT2D eigenvalue weighted by molar-refractivity contribution is -0.274. The number of ether oxygens (including phenoxy) is 1. The number of nitrogens with zero attached hydrogens (tertiary/aromatic N) is 1. The summed E-state index contributed by atoms with van der Waals surface area (Å²) in [6.07, 6.45) is -4.92. The van der Waals surface area contributed by atoms with Crippen molar-refractivity contribution in [1.82, 2.24) is 4.31 Å². The highest BCUT2D eigenvalue weighted by Crippen LogP contribution is 2.30. The Morgan fingerprint density at radius 1 is 1.24 bits per heavy atom. The number of para-hydroxylation sites is 2. The number of thiophene rings is 1. The Labute approximate surface area is 145 Å². The molecule has 136 valence electrons. The van der Waals surface area contributed by atoms with Gasteiger partial charge in [0.1, 0.15) is 4.21 Å². The molecule has 0 aliphatic heterocycles. The van der Waals surface area contributed by atoms with Gasteiger partial charge in [-0.1, -0.05) is 18.2 Å². The maximum Gasteiger partial charge on any atom is 0.573 e. The fraction of sp³-hybridized carbons (Fsp3) is 0.214. The van der Waals surface area contributed by atoms with E-state index in [1.807, 2.05) is 0 Å². The Morgan fingerprint density at radius 2 is 1.92 bits per heavy atom. The van der Waals surface area contributed by atoms with Crippen molar-refractivity contribution in [3.8, 4) is 5.75 Å². The molecule has 1 aromatic heterocycles. The summed E-state index contributed by atoms with van der Waals surface area (Å²) in [6, 6.07) is 7.91. The normalized spacial score (nSPS) is 12.2. The van der Waals surface area contributed by atoms with Crippen molar-refractivity contribution in [2.45, 2.75) is 10.6 Å². The Kier molecular flexibility index (Phi) is 5.70. The van der Waals surface area contributed by atoms with E-state index in [2.05, 4.69) is 10.1 Å². The van der Waals surface area contributed by atoms with Gasteiger partial charge in [-0.25, -0.2) is 8.42 Å². The van der Waals surface area contributed by atoms with Crippen LogP contribution in [-0.4, -0.2) is 38.6 Å². The first-order valence-corrected chi connectivity index (χ1v) is 9.06. The van der Waals surface area contributed by atoms with Gasteiger partial charge in [0.15, 0.2) is 5.75 Å². The second-order valence-corrected chi connectivity index (χ2v) is 8.00. The maximum absolute atomic E-state index is 12.4. The molecule has 2 rings (SSSR count). The molecule has 1 N–H and O–H groups in total. The zero-order valence-electron chi connectivity index (χ0n) is 12.8. The van der Waals surface area contributed by atoms with E-state index < -0.39 is 34.6 Å². The van der Waals surface area contributed by atoms with Crippen molar-refractivity contribution in [1.29, 1.82) is 0 Å². The zero-order valence-corrected chi connectivity index (χ0v) is 14.4. The minimum absolute atomic E-state index is 0.0589. The minimum atomic E-state index is -4.92. The SMILES string of the molecule is CN(CC(=O)Nc1ccccc1OC(F)(F)F)S(=O)(=O)c1cccs1. The van der Waals surface area contributed by atoms with Gasteiger partial charge in [-0.3, -0.25) is 4.79 Å². The number of hydrogen-bond donors (Lipinski definition) is 1. The highest BCUT2D eigenvalue weighted by molar-refractivity contribution is 7.91. The van der Waals surface area contributed by atoms with Gasteiger partial charge in [-0.05, 0) is 23.6 Å². The molecule has 0 spiro atoms. The van der Waals surface area contributed by atoms with E-state index in [0.717, 1.165) is 21.7 Å². The number of nitrogens with one attached hydrogen (secondary N) is 1. The van der Waals surface area contributed by atoms with Crippen LogP contribution in [0.2, 0.25) is 0 Å². The van der Waals surface area contributed by atoms with Crippen LogP contribution >= 0.6 is 11.3 Å². The number of benzene rings is 1. The average molecular weight is 394 g/mol. The van der Waals surface area contributed by atoms with Crippen LogP contribution in [0, 0.1) is 0 Å². The molecule has 0 unspecified atom stereocenters. The molecule has 11 heteroatoms. The van der Waals surface area contributed by atoms with Gasteiger partial charge in [-0.15, -0.1) is 24.5 Å². The van der Waals surface area contributed by atoms with Crippen LogP contribution in [0.3, 0.4) is 0 Å². The van der Waals surface area contributed by atoms with Crippen molar-refractivity contribution in [3.05, 3.63) is 41.8 Å². The fourth-order valence-electron chi connectivity index (χ4n) is 1.82. The highest BCUT2D eigenvalue weighted by atomic mass is 32.2. The smallest absolute Gasteiger partial charge is 0.404 e. The van der Waals surface area contributed by atoms with Gasteiger partial charge in [0, 0.05) is 7.05 Å². The van der Waals surface area contributed by atoms with E-state index >= 15 is 0 Å². The highest BCUT2D eigenvalue weighted by Gasteiger charge is 2.32. The van der Waals surface area contributed by atoms with E-state index in [9.17, 15) is 26.4 Å². The van der Waals surface area contributed by atoms with E-state index in [-0.39, 0.29) is 9.90 Å². The Balaban J connectivity index is 2.08. The molecule has 0 atom stereocenters. The molecule has 0 aliphatic carbocycles. The monoisotopic (exact) mass is 394 g/mol. The van der Waals surface area contributed by atoms with Gasteiger partial charge in [0.05, 0.1) is 12.2 Å². The lowest BCUT2D eigenvalue weighted by atomic mass is 10.3. The Morgan fingerprint density at radius 3 is 2.52 bits per heavy atom. The molecule has 0 radical (unpaired) electrons. The summed E-state index contributed by atoms with van der Waals surface area (Å²) in [4.78, 5) is 12.0. The first-order valence-electron chi connectivity index (χ1n) is 6.74. The average Bonchev–Trinajstić information content (AvgIpc) is 3.02. The van der Waals surface area contributed by atoms with Crippen LogP contribution in [0.1, 0.15) is 0 Å². The molecule has 0 bridgehead atoms. The van der Waals surface area contributed by atoms with Crippen molar-refractivity contribution < 1.29 is 31.1 Å². The summed E-state index contributed by atoms with van der Waals surface area (Å²) in [6.45, 7) is -0.569. The van der Waals surface area contributed by atoms with E-state index in [4.69, 9.17) is 0 Å². The van der Waals surface area contributed by atoms with E-state index in [1.165, 1.54) is 31.3 Å². The summed E-state index contributed by atoms with van der Waals surface area (Å²) in [5.74, 6) is -1.40. The molecule has 0 saturated carbocycles. The number of carbonyl (C=O) groups is 1. The molecular formula is C14H13F3N2O4S2. The number of hydrogen-bond acceptors (Lipinski definition) is 5. The lowest BCUT2D eigenvalue weighted by Crippen LogP contribution is -2.34. The van der Waals surface area contributed by atoms with Crippen LogP contribution in [0.4, 0.5) is 18.9 Å². The summed E-state index contributed by atoms with van der Waals surface area (Å²) < 4.78 is 66.2. The molecule has 1 heterocycles. The zero-order chi connectivity index (χ0) is 18.7. The first kappa shape index (κ1) is 19.2. The summed E-state index contributed by atoms with van der Waals surface area (Å²) >= 11 is 0.992. The fourth-order valence-corrected chi connectivity index (χ4v) is 4.15. The number of halogens is 3. The maximum atomic E-state index is 12.4. The topological polar surface area (TPSA) is 75.7 Å². The summed E-state index contributed by atoms with van der Waals surface area (Å²) in [5.41, 5.74) is -0.216. The van der Waals surface area contributed by atoms with Gasteiger partial charge in [0.2, 0.25) is 5.91 Å². The number of likely N-dealkylation sites (N-methyl/N-ethyl adjacent to an activating group) is 1. The molecule has 1 amide bonds. The summed E-state index contributed by atoms with van der Waals surface area (Å²) in [7, 11) is -2.64. The molecular weight excluding hydrogens is 381 g/mol. The Hall–Kier alpha value is -2.11. The molecule has 1 aromatic carbocycles. The number of alkyl halides is 3. The van der Waals surface area contributed by atoms with Crippen molar-refractivity contribution in [3.63, 3.8) is 0 Å². The van der Waals surface area contributed by atoms with Crippen LogP contribution in [0.15, 0.2) is 46.0 Å². The third-order valence-corrected chi connectivity index (χ3v) is 6.09. The number of anilines is 1. The largest absolute Gasteiger partial charge is 0.573 e. The van der Waals surface area contributed by atoms with E-state index in [0.29, 0.717) is 0 Å². The van der Waals surface area contributed by atoms with Crippen molar-refractivity contribution >= 4 is 33.0 Å². The van der Waals surface area contributed by atoms with Crippen molar-refractivity contribution in [2.24, 2.45) is 0 Å². The first-order chi connectivity index (χ1) is 11.6. The third kappa shape index (κ3) is 5.18. The number of amides is 1. The molecule has 2 aromatic rings. The molecule has 0 saturated heterocycles. The summed E-state index contributed by atoms with van der Waals surface area (Å²) in [5, 5.41) is 3.79. The second-order valence-electron chi connectivity index (χ2n) is 4.79. The van der Waals surface area contributed by atoms with Crippen LogP contribution in [-0.2, 0) is 14.8 Å². The van der Waals surface area contributed by atoms with Gasteiger partial charge >= 0.3 is 6.36 Å². The quantitative estimate of drug-likeness (QED) is 0.818. The van der Waals surface area contributed by atoms with Gasteiger partial charge in [-0.2, -0.15) is 4.31 Å². The predicted molar refractivity (Wildman–Crippen MR) is 85.9 cm³/mol. The van der Waals surface area contributed by atoms with E-state index in [1.54, 1.807) is 11.4 Å². The molecule has 0 fully saturated rings. The van der Waals surface area contributed by atoms with Crippen LogP contribution in [0.5, 0.6) is 5.75 Å². The molecule has 25 heavy (non-hydrogen) atoms. The van der Waals surface area contributed by atoms with Crippen LogP contribution in [0.25, 0.3) is 0 Å². The van der Waals surface area contributed by atoms with Gasteiger partial charge in [0.25, 0.3) is 10.0 Å². The van der Waals surface area contributed by atoms with Gasteiger partial charge < -0.3 is 10.1 Å². The number of carbonyl (C=O) groups excluding carboxylic acids is 1. The lowest BCUT2D eigenvalue weighted by Gasteiger charge is -2.17. The minimum Gasteiger partial charge on any atom is -0.404 e. The standard InChI is InChI=1S/C14H13F3N2O4S2/c1-19(25(21,22)13-7-4-8-24-13)9-12(20)18-10-5-2-3-6-11(10)23-14(15,16)17/h2-8H,9H2,1H3,(H,18,20).